The van der Waals surface area contributed by atoms with Gasteiger partial charge in [-0.05, 0) is 43.7 Å². The zero-order valence-corrected chi connectivity index (χ0v) is 20.0. The molecule has 0 aromatic heterocycles. The van der Waals surface area contributed by atoms with Crippen LogP contribution in [0, 0.1) is 11.8 Å². The van der Waals surface area contributed by atoms with Gasteiger partial charge in [-0.25, -0.2) is 0 Å². The van der Waals surface area contributed by atoms with E-state index < -0.39 is 47.3 Å². The van der Waals surface area contributed by atoms with E-state index >= 15 is 0 Å². The molecule has 8 heteroatoms. The molecule has 4 N–H and O–H groups in total. The number of aliphatic hydroxyl groups excluding tert-OH is 2. The lowest BCUT2D eigenvalue weighted by Crippen LogP contribution is -2.55. The van der Waals surface area contributed by atoms with E-state index in [1.807, 2.05) is 27.7 Å². The molecule has 2 saturated heterocycles. The van der Waals surface area contributed by atoms with Crippen molar-refractivity contribution in [1.29, 1.82) is 0 Å². The Kier molecular flexibility index (Phi) is 7.53. The second kappa shape index (κ2) is 9.70. The molecule has 0 saturated carbocycles. The fourth-order valence-corrected chi connectivity index (χ4v) is 5.11. The van der Waals surface area contributed by atoms with Crippen molar-refractivity contribution in [3.8, 4) is 11.5 Å². The van der Waals surface area contributed by atoms with Gasteiger partial charge < -0.3 is 29.9 Å². The van der Waals surface area contributed by atoms with Crippen molar-refractivity contribution in [2.45, 2.75) is 96.9 Å². The Hall–Kier alpha value is -2.00. The number of ether oxygens (including phenoxy) is 2. The predicted octanol–water partition coefficient (Wildman–Crippen LogP) is 3.11. The number of benzene rings is 1. The fourth-order valence-electron chi connectivity index (χ4n) is 5.11. The minimum atomic E-state index is -1.37. The molecule has 0 bridgehead atoms. The van der Waals surface area contributed by atoms with E-state index in [-0.39, 0.29) is 35.3 Å². The average molecular weight is 465 g/mol. The molecule has 33 heavy (non-hydrogen) atoms. The van der Waals surface area contributed by atoms with E-state index in [4.69, 9.17) is 9.47 Å². The summed E-state index contributed by atoms with van der Waals surface area (Å²) in [5.41, 5.74) is -1.08. The molecule has 6 atom stereocenters. The molecule has 0 aliphatic carbocycles. The summed E-state index contributed by atoms with van der Waals surface area (Å²) < 4.78 is 11.4. The monoisotopic (exact) mass is 464 g/mol. The van der Waals surface area contributed by atoms with E-state index in [9.17, 15) is 30.0 Å². The summed E-state index contributed by atoms with van der Waals surface area (Å²) in [5.74, 6) is -2.49. The lowest BCUT2D eigenvalue weighted by Gasteiger charge is -2.39. The highest BCUT2D eigenvalue weighted by molar-refractivity contribution is 6.07. The fraction of sp³-hybridized carbons (Fsp3) is 0.680. The smallest absolute Gasteiger partial charge is 0.189 e. The van der Waals surface area contributed by atoms with Crippen LogP contribution in [0.5, 0.6) is 11.5 Å². The number of phenols is 2. The van der Waals surface area contributed by atoms with Crippen LogP contribution in [0.3, 0.4) is 0 Å². The molecule has 0 unspecified atom stereocenters. The van der Waals surface area contributed by atoms with Crippen LogP contribution in [0.25, 0.3) is 0 Å². The van der Waals surface area contributed by atoms with E-state index in [1.165, 1.54) is 13.0 Å². The summed E-state index contributed by atoms with van der Waals surface area (Å²) in [7, 11) is 0. The Morgan fingerprint density at radius 1 is 1.18 bits per heavy atom. The molecule has 1 spiro atoms. The predicted molar refractivity (Wildman–Crippen MR) is 120 cm³/mol. The van der Waals surface area contributed by atoms with Crippen molar-refractivity contribution in [3.63, 3.8) is 0 Å². The van der Waals surface area contributed by atoms with Crippen molar-refractivity contribution in [1.82, 2.24) is 0 Å². The maximum atomic E-state index is 13.7. The number of Topliss-reactive ketones (excluding diaryl/α,β-unsaturated/α-hetero) is 2. The highest BCUT2D eigenvalue weighted by Gasteiger charge is 2.68. The molecule has 0 amide bonds. The van der Waals surface area contributed by atoms with Gasteiger partial charge in [0.05, 0.1) is 23.9 Å². The van der Waals surface area contributed by atoms with E-state index in [2.05, 4.69) is 0 Å². The van der Waals surface area contributed by atoms with Crippen LogP contribution in [-0.4, -0.2) is 62.2 Å². The third kappa shape index (κ3) is 4.54. The van der Waals surface area contributed by atoms with E-state index in [0.717, 1.165) is 0 Å². The average Bonchev–Trinajstić information content (AvgIpc) is 3.47. The number of phenolic OH excluding ortho intramolecular Hbond substituents is 2. The number of rotatable bonds is 9. The molecule has 1 aromatic carbocycles. The van der Waals surface area contributed by atoms with Crippen LogP contribution in [0.1, 0.15) is 86.6 Å². The van der Waals surface area contributed by atoms with Gasteiger partial charge in [-0.15, -0.1) is 0 Å². The number of hydrogen-bond donors (Lipinski definition) is 4. The highest BCUT2D eigenvalue weighted by atomic mass is 16.7. The summed E-state index contributed by atoms with van der Waals surface area (Å²) in [5, 5.41) is 42.7. The van der Waals surface area contributed by atoms with E-state index in [1.54, 1.807) is 0 Å². The van der Waals surface area contributed by atoms with Gasteiger partial charge in [0.2, 0.25) is 0 Å². The van der Waals surface area contributed by atoms with Crippen molar-refractivity contribution in [2.75, 3.05) is 0 Å². The van der Waals surface area contributed by atoms with Crippen molar-refractivity contribution < 1.29 is 39.5 Å². The van der Waals surface area contributed by atoms with Crippen LogP contribution >= 0.6 is 0 Å². The number of carbonyl (C=O) groups excluding carboxylic acids is 2. The summed E-state index contributed by atoms with van der Waals surface area (Å²) in [6.07, 6.45) is -1.32. The number of epoxide rings is 1. The molecular weight excluding hydrogens is 428 g/mol. The molecule has 184 valence electrons. The molecule has 0 radical (unpaired) electrons. The zero-order chi connectivity index (χ0) is 24.7. The lowest BCUT2D eigenvalue weighted by atomic mass is 9.80. The second-order valence-corrected chi connectivity index (χ2v) is 9.72. The molecule has 2 heterocycles. The van der Waals surface area contributed by atoms with Gasteiger partial charge in [-0.2, -0.15) is 0 Å². The van der Waals surface area contributed by atoms with Crippen molar-refractivity contribution in [2.24, 2.45) is 11.8 Å². The molecule has 2 aliphatic heterocycles. The van der Waals surface area contributed by atoms with Gasteiger partial charge in [-0.3, -0.25) is 9.59 Å². The van der Waals surface area contributed by atoms with Crippen molar-refractivity contribution in [3.05, 3.63) is 22.8 Å². The van der Waals surface area contributed by atoms with Gasteiger partial charge in [0.25, 0.3) is 0 Å². The SMILES string of the molecule is CCC[C@H](C(=O)c1cc(CC(C)C)c(O)c(C(C)=O)c1O)[C@H]1C[C@@H](O)[C@@]2(O[C@H]2CC)[C@H](O)O1. The number of aromatic hydroxyl groups is 2. The maximum absolute atomic E-state index is 13.7. The largest absolute Gasteiger partial charge is 0.507 e. The molecule has 1 aromatic rings. The first kappa shape index (κ1) is 25.6. The Morgan fingerprint density at radius 3 is 2.33 bits per heavy atom. The number of carbonyl (C=O) groups is 2. The molecule has 2 fully saturated rings. The Bertz CT molecular complexity index is 896. The molecule has 8 nitrogen and oxygen atoms in total. The zero-order valence-electron chi connectivity index (χ0n) is 20.0. The first-order valence-corrected chi connectivity index (χ1v) is 11.8. The Morgan fingerprint density at radius 2 is 1.85 bits per heavy atom. The molecule has 3 rings (SSSR count). The number of ketones is 2. The molecular formula is C25H36O8. The van der Waals surface area contributed by atoms with Gasteiger partial charge in [0.1, 0.15) is 17.1 Å². The third-order valence-corrected chi connectivity index (χ3v) is 6.81. The summed E-state index contributed by atoms with van der Waals surface area (Å²) >= 11 is 0. The first-order chi connectivity index (χ1) is 15.5. The molecule has 2 aliphatic rings. The standard InChI is InChI=1S/C25H36O8/c1-6-8-15(17-11-18(27)25(24(31)32-17)19(7-2)33-25)22(29)16-10-14(9-12(3)4)21(28)20(13(5)26)23(16)30/h10,12,15,17-19,24,27-28,30-31H,6-9,11H2,1-5H3/t15-,17+,18+,19-,24+,25-/m0/s1. The van der Waals surface area contributed by atoms with Crippen molar-refractivity contribution >= 4 is 11.6 Å². The minimum absolute atomic E-state index is 0.0610. The Balaban J connectivity index is 1.97. The quantitative estimate of drug-likeness (QED) is 0.323. The lowest BCUT2D eigenvalue weighted by molar-refractivity contribution is -0.239. The van der Waals surface area contributed by atoms with Crippen LogP contribution in [0.4, 0.5) is 0 Å². The normalized spacial score (nSPS) is 29.9. The third-order valence-electron chi connectivity index (χ3n) is 6.81. The summed E-state index contributed by atoms with van der Waals surface area (Å²) in [4.78, 5) is 25.8. The van der Waals surface area contributed by atoms with Gasteiger partial charge in [0, 0.05) is 12.3 Å². The van der Waals surface area contributed by atoms with Crippen LogP contribution < -0.4 is 0 Å². The Labute approximate surface area is 194 Å². The maximum Gasteiger partial charge on any atom is 0.189 e. The summed E-state index contributed by atoms with van der Waals surface area (Å²) in [6, 6.07) is 1.44. The minimum Gasteiger partial charge on any atom is -0.507 e. The van der Waals surface area contributed by atoms with Crippen LogP contribution in [0.15, 0.2) is 6.07 Å². The van der Waals surface area contributed by atoms with Gasteiger partial charge in [-0.1, -0.05) is 34.1 Å². The topological polar surface area (TPSA) is 137 Å². The van der Waals surface area contributed by atoms with Crippen LogP contribution in [-0.2, 0) is 15.9 Å². The number of aliphatic hydroxyl groups is 2. The van der Waals surface area contributed by atoms with E-state index in [0.29, 0.717) is 31.2 Å². The number of hydrogen-bond acceptors (Lipinski definition) is 8. The second-order valence-electron chi connectivity index (χ2n) is 9.72. The first-order valence-electron chi connectivity index (χ1n) is 11.8. The van der Waals surface area contributed by atoms with Gasteiger partial charge in [0.15, 0.2) is 23.5 Å². The van der Waals surface area contributed by atoms with Crippen LogP contribution in [0.2, 0.25) is 0 Å². The summed E-state index contributed by atoms with van der Waals surface area (Å²) in [6.45, 7) is 8.90. The van der Waals surface area contributed by atoms with Gasteiger partial charge >= 0.3 is 0 Å². The highest BCUT2D eigenvalue weighted by Crippen LogP contribution is 2.50.